The van der Waals surface area contributed by atoms with E-state index < -0.39 is 0 Å². The fourth-order valence-electron chi connectivity index (χ4n) is 3.76. The van der Waals surface area contributed by atoms with Crippen molar-refractivity contribution in [1.29, 1.82) is 0 Å². The van der Waals surface area contributed by atoms with Gasteiger partial charge in [0.05, 0.1) is 11.0 Å². The molecule has 0 saturated carbocycles. The summed E-state index contributed by atoms with van der Waals surface area (Å²) in [6.45, 7) is 9.02. The van der Waals surface area contributed by atoms with Crippen molar-refractivity contribution in [2.24, 2.45) is 5.92 Å². The number of likely N-dealkylation sites (tertiary alicyclic amines) is 1. The molecule has 0 radical (unpaired) electrons. The molecule has 5 heteroatoms. The van der Waals surface area contributed by atoms with Crippen molar-refractivity contribution in [1.82, 2.24) is 19.8 Å². The standard InChI is InChI=1S/C20H30N4O/c1-4-17(5-2)22-20(25)23-12-10-16(11-13-23)14-24-15(3)21-18-8-6-7-9-19(18)24/h6-9,16-17H,4-5,10-14H2,1-3H3,(H,22,25). The Bertz CT molecular complexity index is 712. The van der Waals surface area contributed by atoms with Crippen molar-refractivity contribution >= 4 is 17.1 Å². The van der Waals surface area contributed by atoms with Gasteiger partial charge in [0.15, 0.2) is 0 Å². The van der Waals surface area contributed by atoms with Gasteiger partial charge >= 0.3 is 6.03 Å². The minimum absolute atomic E-state index is 0.108. The smallest absolute Gasteiger partial charge is 0.317 e. The number of aromatic nitrogens is 2. The fraction of sp³-hybridized carbons (Fsp3) is 0.600. The molecule has 136 valence electrons. The van der Waals surface area contributed by atoms with Gasteiger partial charge in [-0.15, -0.1) is 0 Å². The summed E-state index contributed by atoms with van der Waals surface area (Å²) in [5, 5.41) is 3.15. The molecule has 1 aromatic carbocycles. The van der Waals surface area contributed by atoms with E-state index >= 15 is 0 Å². The number of imidazole rings is 1. The topological polar surface area (TPSA) is 50.2 Å². The molecule has 2 aromatic rings. The Balaban J connectivity index is 1.57. The van der Waals surface area contributed by atoms with Crippen molar-refractivity contribution in [2.45, 2.75) is 59.0 Å². The molecule has 1 aliphatic rings. The van der Waals surface area contributed by atoms with Gasteiger partial charge in [-0.3, -0.25) is 0 Å². The molecule has 1 aliphatic heterocycles. The van der Waals surface area contributed by atoms with Crippen LogP contribution in [0.25, 0.3) is 11.0 Å². The van der Waals surface area contributed by atoms with Gasteiger partial charge in [0.1, 0.15) is 5.82 Å². The molecule has 2 heterocycles. The first kappa shape index (κ1) is 17.8. The SMILES string of the molecule is CCC(CC)NC(=O)N1CCC(Cn2c(C)nc3ccccc32)CC1. The largest absolute Gasteiger partial charge is 0.335 e. The number of carbonyl (C=O) groups is 1. The summed E-state index contributed by atoms with van der Waals surface area (Å²) in [7, 11) is 0. The molecule has 0 spiro atoms. The predicted octanol–water partition coefficient (Wildman–Crippen LogP) is 3.95. The molecule has 1 aromatic heterocycles. The third kappa shape index (κ3) is 3.97. The average molecular weight is 342 g/mol. The number of carbonyl (C=O) groups excluding carboxylic acids is 1. The van der Waals surface area contributed by atoms with Crippen LogP contribution in [-0.2, 0) is 6.54 Å². The molecule has 5 nitrogen and oxygen atoms in total. The normalized spacial score (nSPS) is 15.9. The predicted molar refractivity (Wildman–Crippen MR) is 102 cm³/mol. The van der Waals surface area contributed by atoms with Gasteiger partial charge in [-0.25, -0.2) is 9.78 Å². The van der Waals surface area contributed by atoms with Crippen molar-refractivity contribution in [3.63, 3.8) is 0 Å². The Morgan fingerprint density at radius 3 is 2.60 bits per heavy atom. The lowest BCUT2D eigenvalue weighted by molar-refractivity contribution is 0.162. The van der Waals surface area contributed by atoms with Crippen LogP contribution >= 0.6 is 0 Å². The maximum atomic E-state index is 12.4. The first-order valence-electron chi connectivity index (χ1n) is 9.59. The quantitative estimate of drug-likeness (QED) is 0.894. The molecule has 3 rings (SSSR count). The van der Waals surface area contributed by atoms with Gasteiger partial charge in [0.2, 0.25) is 0 Å². The molecule has 25 heavy (non-hydrogen) atoms. The van der Waals surface area contributed by atoms with Crippen molar-refractivity contribution < 1.29 is 4.79 Å². The van der Waals surface area contributed by atoms with E-state index in [1.165, 1.54) is 5.52 Å². The van der Waals surface area contributed by atoms with E-state index in [0.29, 0.717) is 12.0 Å². The molecular formula is C20H30N4O. The van der Waals surface area contributed by atoms with E-state index in [2.05, 4.69) is 53.8 Å². The zero-order valence-electron chi connectivity index (χ0n) is 15.7. The number of urea groups is 1. The molecule has 1 N–H and O–H groups in total. The summed E-state index contributed by atoms with van der Waals surface area (Å²) >= 11 is 0. The van der Waals surface area contributed by atoms with Gasteiger partial charge < -0.3 is 14.8 Å². The average Bonchev–Trinajstić information content (AvgIpc) is 2.95. The molecule has 1 fully saturated rings. The minimum Gasteiger partial charge on any atom is -0.335 e. The van der Waals surface area contributed by atoms with Crippen LogP contribution in [0, 0.1) is 12.8 Å². The van der Waals surface area contributed by atoms with Crippen LogP contribution < -0.4 is 5.32 Å². The number of nitrogens with one attached hydrogen (secondary N) is 1. The third-order valence-corrected chi connectivity index (χ3v) is 5.50. The summed E-state index contributed by atoms with van der Waals surface area (Å²) in [6.07, 6.45) is 4.10. The molecule has 2 amide bonds. The highest BCUT2D eigenvalue weighted by atomic mass is 16.2. The monoisotopic (exact) mass is 342 g/mol. The lowest BCUT2D eigenvalue weighted by Gasteiger charge is -2.33. The van der Waals surface area contributed by atoms with Crippen LogP contribution in [0.1, 0.15) is 45.4 Å². The maximum absolute atomic E-state index is 12.4. The van der Waals surface area contributed by atoms with Crippen molar-refractivity contribution in [3.05, 3.63) is 30.1 Å². The maximum Gasteiger partial charge on any atom is 0.317 e. The Morgan fingerprint density at radius 2 is 1.92 bits per heavy atom. The van der Waals surface area contributed by atoms with Gasteiger partial charge in [0, 0.05) is 25.7 Å². The van der Waals surface area contributed by atoms with Gasteiger partial charge in [-0.05, 0) is 50.7 Å². The van der Waals surface area contributed by atoms with Crippen LogP contribution in [-0.4, -0.2) is 39.6 Å². The number of aryl methyl sites for hydroxylation is 1. The zero-order chi connectivity index (χ0) is 17.8. The van der Waals surface area contributed by atoms with Crippen LogP contribution in [0.4, 0.5) is 4.79 Å². The van der Waals surface area contributed by atoms with E-state index in [0.717, 1.165) is 56.7 Å². The molecular weight excluding hydrogens is 312 g/mol. The highest BCUT2D eigenvalue weighted by Crippen LogP contribution is 2.23. The van der Waals surface area contributed by atoms with E-state index in [-0.39, 0.29) is 6.03 Å². The molecule has 0 bridgehead atoms. The highest BCUT2D eigenvalue weighted by Gasteiger charge is 2.24. The number of para-hydroxylation sites is 2. The first-order chi connectivity index (χ1) is 12.1. The number of amides is 2. The Labute approximate surface area is 150 Å². The number of fused-ring (bicyclic) bond motifs is 1. The molecule has 0 unspecified atom stereocenters. The minimum atomic E-state index is 0.108. The number of hydrogen-bond donors (Lipinski definition) is 1. The van der Waals surface area contributed by atoms with Crippen molar-refractivity contribution in [3.8, 4) is 0 Å². The van der Waals surface area contributed by atoms with Gasteiger partial charge in [-0.2, -0.15) is 0 Å². The lowest BCUT2D eigenvalue weighted by atomic mass is 9.96. The number of hydrogen-bond acceptors (Lipinski definition) is 2. The third-order valence-electron chi connectivity index (χ3n) is 5.50. The van der Waals surface area contributed by atoms with E-state index in [4.69, 9.17) is 0 Å². The van der Waals surface area contributed by atoms with Gasteiger partial charge in [-0.1, -0.05) is 26.0 Å². The highest BCUT2D eigenvalue weighted by molar-refractivity contribution is 5.76. The Kier molecular flexibility index (Phi) is 5.61. The second-order valence-corrected chi connectivity index (χ2v) is 7.15. The number of piperidine rings is 1. The Morgan fingerprint density at radius 1 is 1.24 bits per heavy atom. The summed E-state index contributed by atoms with van der Waals surface area (Å²) in [4.78, 5) is 19.0. The van der Waals surface area contributed by atoms with E-state index in [9.17, 15) is 4.79 Å². The summed E-state index contributed by atoms with van der Waals surface area (Å²) in [5.74, 6) is 1.68. The summed E-state index contributed by atoms with van der Waals surface area (Å²) in [6, 6.07) is 8.74. The van der Waals surface area contributed by atoms with E-state index in [1.54, 1.807) is 0 Å². The summed E-state index contributed by atoms with van der Waals surface area (Å²) in [5.41, 5.74) is 2.29. The van der Waals surface area contributed by atoms with Crippen LogP contribution in [0.2, 0.25) is 0 Å². The second-order valence-electron chi connectivity index (χ2n) is 7.15. The van der Waals surface area contributed by atoms with Gasteiger partial charge in [0.25, 0.3) is 0 Å². The zero-order valence-corrected chi connectivity index (χ0v) is 15.7. The van der Waals surface area contributed by atoms with Crippen LogP contribution in [0.15, 0.2) is 24.3 Å². The first-order valence-corrected chi connectivity index (χ1v) is 9.59. The van der Waals surface area contributed by atoms with Crippen molar-refractivity contribution in [2.75, 3.05) is 13.1 Å². The van der Waals surface area contributed by atoms with Crippen LogP contribution in [0.5, 0.6) is 0 Å². The molecule has 0 aliphatic carbocycles. The van der Waals surface area contributed by atoms with E-state index in [1.807, 2.05) is 11.0 Å². The number of nitrogens with zero attached hydrogens (tertiary/aromatic N) is 3. The summed E-state index contributed by atoms with van der Waals surface area (Å²) < 4.78 is 2.33. The van der Waals surface area contributed by atoms with Crippen LogP contribution in [0.3, 0.4) is 0 Å². The number of rotatable bonds is 5. The second kappa shape index (κ2) is 7.89. The number of benzene rings is 1. The fourth-order valence-corrected chi connectivity index (χ4v) is 3.76. The Hall–Kier alpha value is -2.04. The molecule has 1 saturated heterocycles. The molecule has 0 atom stereocenters. The lowest BCUT2D eigenvalue weighted by Crippen LogP contribution is -2.48.